The highest BCUT2D eigenvalue weighted by Gasteiger charge is 2.15. The number of nitrogen functional groups attached to an aromatic ring is 1. The lowest BCUT2D eigenvalue weighted by atomic mass is 10.1. The quantitative estimate of drug-likeness (QED) is 0.433. The molecule has 3 N–H and O–H groups in total. The zero-order chi connectivity index (χ0) is 15.0. The van der Waals surface area contributed by atoms with Crippen LogP contribution in [-0.4, -0.2) is 37.9 Å². The van der Waals surface area contributed by atoms with Gasteiger partial charge in [0.1, 0.15) is 0 Å². The fourth-order valence-corrected chi connectivity index (χ4v) is 2.03. The van der Waals surface area contributed by atoms with Gasteiger partial charge in [-0.15, -0.1) is 0 Å². The summed E-state index contributed by atoms with van der Waals surface area (Å²) in [5, 5.41) is 8.76. The van der Waals surface area contributed by atoms with Crippen molar-refractivity contribution >= 4 is 17.3 Å². The molecule has 0 aliphatic carbocycles. The van der Waals surface area contributed by atoms with Gasteiger partial charge in [0.25, 0.3) is 0 Å². The van der Waals surface area contributed by atoms with Crippen molar-refractivity contribution in [2.75, 3.05) is 37.4 Å². The van der Waals surface area contributed by atoms with Gasteiger partial charge in [0.15, 0.2) is 0 Å². The van der Waals surface area contributed by atoms with Gasteiger partial charge < -0.3 is 20.5 Å². The molecule has 1 aromatic carbocycles. The minimum Gasteiger partial charge on any atom is -0.462 e. The molecule has 0 atom stereocenters. The maximum absolute atomic E-state index is 11.8. The first-order chi connectivity index (χ1) is 9.61. The first kappa shape index (κ1) is 16.3. The summed E-state index contributed by atoms with van der Waals surface area (Å²) in [5.74, 6) is -0.388. The van der Waals surface area contributed by atoms with E-state index in [1.165, 1.54) is 0 Å². The molecule has 5 heteroatoms. The first-order valence-corrected chi connectivity index (χ1v) is 6.99. The number of carbonyl (C=O) groups excluding carboxylic acids is 1. The molecule has 0 bridgehead atoms. The molecule has 0 amide bonds. The Bertz CT molecular complexity index is 435. The number of anilines is 2. The summed E-state index contributed by atoms with van der Waals surface area (Å²) < 4.78 is 4.99. The van der Waals surface area contributed by atoms with Crippen molar-refractivity contribution in [1.82, 2.24) is 0 Å². The molecule has 20 heavy (non-hydrogen) atoms. The van der Waals surface area contributed by atoms with Crippen molar-refractivity contribution in [3.05, 3.63) is 23.8 Å². The van der Waals surface area contributed by atoms with E-state index in [0.717, 1.165) is 31.5 Å². The lowest BCUT2D eigenvalue weighted by Gasteiger charge is -2.22. The van der Waals surface area contributed by atoms with E-state index in [2.05, 4.69) is 0 Å². The summed E-state index contributed by atoms with van der Waals surface area (Å²) in [6.45, 7) is 3.16. The van der Waals surface area contributed by atoms with Gasteiger partial charge in [-0.1, -0.05) is 6.07 Å². The third-order valence-electron chi connectivity index (χ3n) is 3.14. The number of hydrogen-bond acceptors (Lipinski definition) is 5. The highest BCUT2D eigenvalue weighted by atomic mass is 16.5. The third kappa shape index (κ3) is 4.42. The zero-order valence-electron chi connectivity index (χ0n) is 12.3. The Kier molecular flexibility index (Phi) is 6.87. The average Bonchev–Trinajstić information content (AvgIpc) is 2.44. The van der Waals surface area contributed by atoms with Crippen LogP contribution in [0.2, 0.25) is 0 Å². The number of benzene rings is 1. The largest absolute Gasteiger partial charge is 0.462 e. The van der Waals surface area contributed by atoms with E-state index in [0.29, 0.717) is 17.9 Å². The van der Waals surface area contributed by atoms with Crippen LogP contribution in [0, 0.1) is 0 Å². The lowest BCUT2D eigenvalue weighted by Crippen LogP contribution is -2.21. The number of rotatable bonds is 8. The summed E-state index contributed by atoms with van der Waals surface area (Å²) in [4.78, 5) is 13.8. The molecule has 0 aliphatic heterocycles. The number of carbonyl (C=O) groups is 1. The molecule has 0 saturated heterocycles. The fourth-order valence-electron chi connectivity index (χ4n) is 2.03. The molecular formula is C15H24N2O3. The molecule has 112 valence electrons. The van der Waals surface area contributed by atoms with Gasteiger partial charge in [0, 0.05) is 20.2 Å². The summed E-state index contributed by atoms with van der Waals surface area (Å²) >= 11 is 0. The van der Waals surface area contributed by atoms with Crippen molar-refractivity contribution in [3.63, 3.8) is 0 Å². The number of nitrogens with two attached hydrogens (primary N) is 1. The Morgan fingerprint density at radius 1 is 1.35 bits per heavy atom. The number of para-hydroxylation sites is 1. The van der Waals surface area contributed by atoms with Crippen LogP contribution in [0.15, 0.2) is 18.2 Å². The van der Waals surface area contributed by atoms with Crippen molar-refractivity contribution in [2.45, 2.75) is 26.2 Å². The molecule has 0 spiro atoms. The lowest BCUT2D eigenvalue weighted by molar-refractivity contribution is 0.0527. The van der Waals surface area contributed by atoms with E-state index in [-0.39, 0.29) is 12.6 Å². The predicted octanol–water partition coefficient (Wildman–Crippen LogP) is 2.04. The first-order valence-electron chi connectivity index (χ1n) is 6.99. The SMILES string of the molecule is CCOC(=O)c1cccc(N(C)CCCCCO)c1N. The molecular weight excluding hydrogens is 256 g/mol. The molecule has 0 fully saturated rings. The Balaban J connectivity index is 2.74. The van der Waals surface area contributed by atoms with Gasteiger partial charge in [0.05, 0.1) is 23.5 Å². The molecule has 0 aromatic heterocycles. The van der Waals surface area contributed by atoms with E-state index >= 15 is 0 Å². The molecule has 0 heterocycles. The standard InChI is InChI=1S/C15H24N2O3/c1-3-20-15(19)12-8-7-9-13(14(12)16)17(2)10-5-4-6-11-18/h7-9,18H,3-6,10-11,16H2,1-2H3. The van der Waals surface area contributed by atoms with E-state index < -0.39 is 0 Å². The second kappa shape index (κ2) is 8.43. The monoisotopic (exact) mass is 280 g/mol. The maximum Gasteiger partial charge on any atom is 0.340 e. The second-order valence-electron chi connectivity index (χ2n) is 4.66. The van der Waals surface area contributed by atoms with Gasteiger partial charge in [-0.05, 0) is 38.3 Å². The van der Waals surface area contributed by atoms with E-state index in [9.17, 15) is 4.79 Å². The molecule has 0 aliphatic rings. The number of hydrogen-bond donors (Lipinski definition) is 2. The van der Waals surface area contributed by atoms with Crippen LogP contribution >= 0.6 is 0 Å². The summed E-state index contributed by atoms with van der Waals surface area (Å²) in [5.41, 5.74) is 7.76. The summed E-state index contributed by atoms with van der Waals surface area (Å²) in [6, 6.07) is 5.38. The van der Waals surface area contributed by atoms with Crippen LogP contribution in [0.1, 0.15) is 36.5 Å². The Morgan fingerprint density at radius 3 is 2.75 bits per heavy atom. The molecule has 1 aromatic rings. The van der Waals surface area contributed by atoms with Gasteiger partial charge in [-0.25, -0.2) is 4.79 Å². The Labute approximate surface area is 120 Å². The van der Waals surface area contributed by atoms with Gasteiger partial charge >= 0.3 is 5.97 Å². The van der Waals surface area contributed by atoms with E-state index in [1.54, 1.807) is 13.0 Å². The maximum atomic E-state index is 11.8. The van der Waals surface area contributed by atoms with Gasteiger partial charge in [0.2, 0.25) is 0 Å². The number of ether oxygens (including phenoxy) is 1. The summed E-state index contributed by atoms with van der Waals surface area (Å²) in [7, 11) is 1.94. The van der Waals surface area contributed by atoms with Crippen LogP contribution in [0.25, 0.3) is 0 Å². The Morgan fingerprint density at radius 2 is 2.10 bits per heavy atom. The zero-order valence-corrected chi connectivity index (χ0v) is 12.3. The number of unbranched alkanes of at least 4 members (excludes halogenated alkanes) is 2. The number of aliphatic hydroxyl groups is 1. The normalized spacial score (nSPS) is 10.3. The van der Waals surface area contributed by atoms with Gasteiger partial charge in [-0.2, -0.15) is 0 Å². The van der Waals surface area contributed by atoms with Crippen molar-refractivity contribution in [1.29, 1.82) is 0 Å². The van der Waals surface area contributed by atoms with Crippen molar-refractivity contribution < 1.29 is 14.6 Å². The fraction of sp³-hybridized carbons (Fsp3) is 0.533. The predicted molar refractivity (Wildman–Crippen MR) is 81.0 cm³/mol. The van der Waals surface area contributed by atoms with E-state index in [1.807, 2.05) is 24.1 Å². The van der Waals surface area contributed by atoms with Crippen molar-refractivity contribution in [2.24, 2.45) is 0 Å². The molecule has 1 rings (SSSR count). The van der Waals surface area contributed by atoms with Crippen LogP contribution in [-0.2, 0) is 4.74 Å². The number of esters is 1. The highest BCUT2D eigenvalue weighted by Crippen LogP contribution is 2.26. The minimum atomic E-state index is -0.388. The molecule has 0 unspecified atom stereocenters. The Hall–Kier alpha value is -1.75. The highest BCUT2D eigenvalue weighted by molar-refractivity contribution is 5.98. The molecule has 0 radical (unpaired) electrons. The minimum absolute atomic E-state index is 0.226. The van der Waals surface area contributed by atoms with Crippen LogP contribution < -0.4 is 10.6 Å². The average molecular weight is 280 g/mol. The molecule has 5 nitrogen and oxygen atoms in total. The second-order valence-corrected chi connectivity index (χ2v) is 4.66. The third-order valence-corrected chi connectivity index (χ3v) is 3.14. The smallest absolute Gasteiger partial charge is 0.340 e. The van der Waals surface area contributed by atoms with Crippen LogP contribution in [0.4, 0.5) is 11.4 Å². The van der Waals surface area contributed by atoms with Crippen molar-refractivity contribution in [3.8, 4) is 0 Å². The summed E-state index contributed by atoms with van der Waals surface area (Å²) in [6.07, 6.45) is 2.75. The number of aliphatic hydroxyl groups excluding tert-OH is 1. The topological polar surface area (TPSA) is 75.8 Å². The van der Waals surface area contributed by atoms with Crippen LogP contribution in [0.3, 0.4) is 0 Å². The number of nitrogens with zero attached hydrogens (tertiary/aromatic N) is 1. The van der Waals surface area contributed by atoms with E-state index in [4.69, 9.17) is 15.6 Å². The van der Waals surface area contributed by atoms with Crippen LogP contribution in [0.5, 0.6) is 0 Å². The van der Waals surface area contributed by atoms with Gasteiger partial charge in [-0.3, -0.25) is 0 Å². The molecule has 0 saturated carbocycles.